The van der Waals surface area contributed by atoms with Gasteiger partial charge in [-0.2, -0.15) is 13.2 Å². The summed E-state index contributed by atoms with van der Waals surface area (Å²) in [5.41, 5.74) is -1.51. The van der Waals surface area contributed by atoms with Crippen molar-refractivity contribution in [2.24, 2.45) is 0 Å². The molecule has 0 amide bonds. The number of halogens is 5. The van der Waals surface area contributed by atoms with Gasteiger partial charge in [0, 0.05) is 12.5 Å². The number of benzene rings is 1. The van der Waals surface area contributed by atoms with Gasteiger partial charge in [-0.15, -0.1) is 34.0 Å². The van der Waals surface area contributed by atoms with E-state index in [1.54, 1.807) is 0 Å². The van der Waals surface area contributed by atoms with Crippen molar-refractivity contribution < 1.29 is 23.1 Å². The molecule has 156 valence electrons. The van der Waals surface area contributed by atoms with Crippen molar-refractivity contribution >= 4 is 50.6 Å². The molecule has 28 heavy (non-hydrogen) atoms. The average molecular weight is 531 g/mol. The first-order valence-corrected chi connectivity index (χ1v) is 8.25. The van der Waals surface area contributed by atoms with Gasteiger partial charge >= 0.3 is 6.18 Å². The van der Waals surface area contributed by atoms with Crippen LogP contribution in [-0.2, 0) is 17.5 Å². The first-order valence-electron chi connectivity index (χ1n) is 8.25. The zero-order valence-corrected chi connectivity index (χ0v) is 18.0. The van der Waals surface area contributed by atoms with Crippen molar-refractivity contribution in [2.75, 3.05) is 6.54 Å². The summed E-state index contributed by atoms with van der Waals surface area (Å²) >= 11 is 0. The highest BCUT2D eigenvalue weighted by Gasteiger charge is 2.31. The maximum absolute atomic E-state index is 12.8. The lowest BCUT2D eigenvalue weighted by Crippen LogP contribution is -2.46. The van der Waals surface area contributed by atoms with E-state index in [0.29, 0.717) is 13.0 Å². The number of piperidine rings is 1. The number of hydrogen-bond donors (Lipinski definition) is 2. The van der Waals surface area contributed by atoms with Crippen molar-refractivity contribution in [1.82, 2.24) is 14.9 Å². The Labute approximate surface area is 179 Å². The monoisotopic (exact) mass is 529 g/mol. The van der Waals surface area contributed by atoms with E-state index in [-0.39, 0.29) is 69.7 Å². The molecular weight excluding hydrogens is 511 g/mol. The zero-order chi connectivity index (χ0) is 18.9. The second kappa shape index (κ2) is 9.95. The summed E-state index contributed by atoms with van der Waals surface area (Å²) in [7, 11) is 0. The smallest absolute Gasteiger partial charge is 0.391 e. The van der Waals surface area contributed by atoms with Crippen LogP contribution in [0.5, 0.6) is 0 Å². The topological polar surface area (TPSA) is 84.2 Å². The van der Waals surface area contributed by atoms with Crippen LogP contribution in [-0.4, -0.2) is 39.1 Å². The summed E-state index contributed by atoms with van der Waals surface area (Å²) in [6.45, 7) is 0.398. The number of hydrogen-bond acceptors (Lipinski definition) is 5. The predicted molar refractivity (Wildman–Crippen MR) is 108 cm³/mol. The van der Waals surface area contributed by atoms with Gasteiger partial charge in [0.25, 0.3) is 5.56 Å². The van der Waals surface area contributed by atoms with E-state index >= 15 is 0 Å². The molecule has 2 aromatic rings. The van der Waals surface area contributed by atoms with E-state index < -0.39 is 23.4 Å². The molecule has 0 unspecified atom stereocenters. The fraction of sp³-hybridized carbons (Fsp3) is 0.471. The summed E-state index contributed by atoms with van der Waals surface area (Å²) in [5, 5.41) is 12.8. The lowest BCUT2D eigenvalue weighted by Gasteiger charge is -2.28. The van der Waals surface area contributed by atoms with E-state index in [2.05, 4.69) is 10.3 Å². The number of fused-ring (bicyclic) bond motifs is 1. The molecule has 1 aromatic carbocycles. The number of aliphatic hydroxyl groups excluding tert-OH is 1. The molecule has 2 N–H and O–H groups in total. The Bertz CT molecular complexity index is 889. The molecule has 1 saturated heterocycles. The zero-order valence-electron chi connectivity index (χ0n) is 14.6. The van der Waals surface area contributed by atoms with E-state index in [9.17, 15) is 27.9 Å². The van der Waals surface area contributed by atoms with Gasteiger partial charge in [0.05, 0.1) is 35.4 Å². The molecular formula is C17H20Br2F3N3O3. The Balaban J connectivity index is 0.00000196. The number of aromatic nitrogens is 2. The first kappa shape index (κ1) is 24.7. The molecule has 2 heterocycles. The minimum atomic E-state index is -4.57. The third kappa shape index (κ3) is 5.62. The predicted octanol–water partition coefficient (Wildman–Crippen LogP) is 2.64. The number of carbonyl (C=O) groups excluding carboxylic acids is 1. The van der Waals surface area contributed by atoms with Crippen molar-refractivity contribution in [1.29, 1.82) is 0 Å². The minimum absolute atomic E-state index is 0. The van der Waals surface area contributed by atoms with Gasteiger partial charge in [-0.3, -0.25) is 14.2 Å². The first-order chi connectivity index (χ1) is 12.3. The summed E-state index contributed by atoms with van der Waals surface area (Å²) in [4.78, 5) is 28.6. The van der Waals surface area contributed by atoms with Crippen LogP contribution in [0.25, 0.3) is 10.9 Å². The molecule has 0 aliphatic carbocycles. The number of ketones is 1. The van der Waals surface area contributed by atoms with Gasteiger partial charge in [-0.05, 0) is 37.6 Å². The molecule has 1 aliphatic heterocycles. The SMILES string of the molecule is Br.Br.O=C(C[C@@H]1NCCC[C@H]1O)Cn1cnc2ccc(C(F)(F)F)cc2c1=O. The minimum Gasteiger partial charge on any atom is -0.391 e. The highest BCUT2D eigenvalue weighted by atomic mass is 79.9. The van der Waals surface area contributed by atoms with Crippen LogP contribution in [0.15, 0.2) is 29.3 Å². The number of nitrogens with one attached hydrogen (secondary N) is 1. The molecule has 0 saturated carbocycles. The molecule has 0 bridgehead atoms. The fourth-order valence-corrected chi connectivity index (χ4v) is 3.09. The van der Waals surface area contributed by atoms with Crippen molar-refractivity contribution in [2.45, 2.75) is 44.1 Å². The largest absolute Gasteiger partial charge is 0.416 e. The molecule has 2 atom stereocenters. The van der Waals surface area contributed by atoms with Gasteiger partial charge in [0.15, 0.2) is 5.78 Å². The van der Waals surface area contributed by atoms with E-state index in [0.717, 1.165) is 35.5 Å². The third-order valence-electron chi connectivity index (χ3n) is 4.49. The second-order valence-electron chi connectivity index (χ2n) is 6.42. The molecule has 6 nitrogen and oxygen atoms in total. The summed E-state index contributed by atoms with van der Waals surface area (Å²) in [6.07, 6.45) is -2.59. The quantitative estimate of drug-likeness (QED) is 0.635. The Kier molecular flexibility index (Phi) is 8.79. The number of nitrogens with zero attached hydrogens (tertiary/aromatic N) is 2. The lowest BCUT2D eigenvalue weighted by molar-refractivity contribution is -0.137. The maximum Gasteiger partial charge on any atom is 0.416 e. The highest BCUT2D eigenvalue weighted by molar-refractivity contribution is 8.93. The van der Waals surface area contributed by atoms with Crippen LogP contribution in [0.1, 0.15) is 24.8 Å². The van der Waals surface area contributed by atoms with Crippen LogP contribution in [0.3, 0.4) is 0 Å². The molecule has 11 heteroatoms. The van der Waals surface area contributed by atoms with Crippen molar-refractivity contribution in [3.05, 3.63) is 40.4 Å². The third-order valence-corrected chi connectivity index (χ3v) is 4.49. The van der Waals surface area contributed by atoms with Crippen LogP contribution >= 0.6 is 34.0 Å². The maximum atomic E-state index is 12.8. The van der Waals surface area contributed by atoms with Crippen molar-refractivity contribution in [3.8, 4) is 0 Å². The van der Waals surface area contributed by atoms with Crippen molar-refractivity contribution in [3.63, 3.8) is 0 Å². The molecule has 1 aliphatic rings. The van der Waals surface area contributed by atoms with Gasteiger partial charge < -0.3 is 10.4 Å². The van der Waals surface area contributed by atoms with Gasteiger partial charge in [0.1, 0.15) is 0 Å². The van der Waals surface area contributed by atoms with Gasteiger partial charge in [-0.25, -0.2) is 4.98 Å². The number of carbonyl (C=O) groups is 1. The summed E-state index contributed by atoms with van der Waals surface area (Å²) in [6, 6.07) is 2.36. The van der Waals surface area contributed by atoms with E-state index in [1.807, 2.05) is 0 Å². The highest BCUT2D eigenvalue weighted by Crippen LogP contribution is 2.30. The Hall–Kier alpha value is -1.30. The number of Topliss-reactive ketones (excluding diaryl/α,β-unsaturated/α-hetero) is 1. The van der Waals surface area contributed by atoms with Gasteiger partial charge in [0.2, 0.25) is 0 Å². The van der Waals surface area contributed by atoms with Gasteiger partial charge in [-0.1, -0.05) is 0 Å². The Morgan fingerprint density at radius 1 is 1.32 bits per heavy atom. The number of aliphatic hydroxyl groups is 1. The second-order valence-corrected chi connectivity index (χ2v) is 6.42. The average Bonchev–Trinajstić information content (AvgIpc) is 2.58. The normalized spacial score (nSPS) is 19.6. The number of alkyl halides is 3. The molecule has 3 rings (SSSR count). The standard InChI is InChI=1S/C17H18F3N3O3.2BrH/c18-17(19,20)10-3-4-13-12(6-10)16(26)23(9-22-13)8-11(24)7-14-15(25)2-1-5-21-14;;/h3-4,6,9,14-15,21,25H,1-2,5,7-8H2;2*1H/t14-,15+;;/m0../s1. The number of rotatable bonds is 4. The molecule has 0 spiro atoms. The van der Waals surface area contributed by atoms with Crippen LogP contribution in [0.4, 0.5) is 13.2 Å². The summed E-state index contributed by atoms with van der Waals surface area (Å²) < 4.78 is 39.5. The summed E-state index contributed by atoms with van der Waals surface area (Å²) in [5.74, 6) is -0.307. The van der Waals surface area contributed by atoms with E-state index in [4.69, 9.17) is 0 Å². The molecule has 0 radical (unpaired) electrons. The molecule has 1 aromatic heterocycles. The molecule has 1 fully saturated rings. The fourth-order valence-electron chi connectivity index (χ4n) is 3.09. The lowest BCUT2D eigenvalue weighted by atomic mass is 9.97. The Morgan fingerprint density at radius 2 is 2.04 bits per heavy atom. The van der Waals surface area contributed by atoms with Crippen LogP contribution in [0, 0.1) is 0 Å². The van der Waals surface area contributed by atoms with Crippen LogP contribution < -0.4 is 10.9 Å². The van der Waals surface area contributed by atoms with E-state index in [1.165, 1.54) is 0 Å². The van der Waals surface area contributed by atoms with Crippen LogP contribution in [0.2, 0.25) is 0 Å². The Morgan fingerprint density at radius 3 is 2.68 bits per heavy atom.